The van der Waals surface area contributed by atoms with Crippen molar-refractivity contribution in [2.45, 2.75) is 6.92 Å². The van der Waals surface area contributed by atoms with E-state index >= 15 is 0 Å². The molecule has 0 saturated carbocycles. The summed E-state index contributed by atoms with van der Waals surface area (Å²) in [5.74, 6) is -1.08. The van der Waals surface area contributed by atoms with Gasteiger partial charge in [-0.3, -0.25) is 9.59 Å². The molecule has 126 valence electrons. The second kappa shape index (κ2) is 6.78. The molecule has 2 heterocycles. The average Bonchev–Trinajstić information content (AvgIpc) is 3.14. The fourth-order valence-electron chi connectivity index (χ4n) is 2.20. The van der Waals surface area contributed by atoms with E-state index in [0.29, 0.717) is 22.0 Å². The molecular formula is C17H12N2O5S. The largest absolute Gasteiger partial charge is 0.478 e. The van der Waals surface area contributed by atoms with Gasteiger partial charge in [-0.2, -0.15) is 4.99 Å². The average molecular weight is 356 g/mol. The van der Waals surface area contributed by atoms with Crippen molar-refractivity contribution in [1.82, 2.24) is 5.32 Å². The summed E-state index contributed by atoms with van der Waals surface area (Å²) in [7, 11) is 0. The number of thioether (sulfide) groups is 1. The summed E-state index contributed by atoms with van der Waals surface area (Å²) >= 11 is 1.03. The summed E-state index contributed by atoms with van der Waals surface area (Å²) < 4.78 is 5.64. The molecule has 0 unspecified atom stereocenters. The monoisotopic (exact) mass is 356 g/mol. The van der Waals surface area contributed by atoms with Crippen molar-refractivity contribution in [3.05, 3.63) is 52.6 Å². The summed E-state index contributed by atoms with van der Waals surface area (Å²) in [4.78, 5) is 38.2. The normalized spacial score (nSPS) is 15.3. The van der Waals surface area contributed by atoms with Crippen LogP contribution in [0.5, 0.6) is 0 Å². The van der Waals surface area contributed by atoms with Gasteiger partial charge in [0.15, 0.2) is 5.17 Å². The number of carboxylic acid groups (broad SMARTS) is 1. The molecule has 0 spiro atoms. The number of amides is 2. The van der Waals surface area contributed by atoms with Crippen molar-refractivity contribution >= 4 is 40.8 Å². The standard InChI is InChI=1S/C17H12N2O5S/c1-9(20)18-17-19-15(21)14(25-17)8-10-6-7-13(24-10)11-4-2-3-5-12(11)16(22)23/h2-8H,1H3,(H,22,23)(H,18,19,20,21)/b14-8+. The van der Waals surface area contributed by atoms with Gasteiger partial charge in [0.05, 0.1) is 10.5 Å². The van der Waals surface area contributed by atoms with Crippen LogP contribution in [-0.2, 0) is 9.59 Å². The SMILES string of the molecule is CC(=O)NC1=NC(=O)/C(=C\c2ccc(-c3ccccc3C(=O)O)o2)S1. The van der Waals surface area contributed by atoms with Gasteiger partial charge in [0.25, 0.3) is 5.91 Å². The van der Waals surface area contributed by atoms with Crippen molar-refractivity contribution in [3.63, 3.8) is 0 Å². The molecule has 1 aliphatic rings. The highest BCUT2D eigenvalue weighted by Crippen LogP contribution is 2.30. The Morgan fingerprint density at radius 2 is 2.00 bits per heavy atom. The molecule has 3 rings (SSSR count). The first-order chi connectivity index (χ1) is 11.9. The lowest BCUT2D eigenvalue weighted by Crippen LogP contribution is -2.23. The predicted molar refractivity (Wildman–Crippen MR) is 92.9 cm³/mol. The molecule has 2 aromatic rings. The quantitative estimate of drug-likeness (QED) is 0.819. The number of rotatable bonds is 3. The van der Waals surface area contributed by atoms with Crippen LogP contribution in [0.2, 0.25) is 0 Å². The van der Waals surface area contributed by atoms with Gasteiger partial charge in [0, 0.05) is 18.6 Å². The van der Waals surface area contributed by atoms with Crippen molar-refractivity contribution in [2.24, 2.45) is 4.99 Å². The molecule has 0 saturated heterocycles. The molecule has 2 amide bonds. The van der Waals surface area contributed by atoms with Crippen LogP contribution in [0.15, 0.2) is 50.7 Å². The minimum atomic E-state index is -1.05. The first-order valence-electron chi connectivity index (χ1n) is 7.17. The lowest BCUT2D eigenvalue weighted by atomic mass is 10.1. The Balaban J connectivity index is 1.85. The van der Waals surface area contributed by atoms with E-state index in [4.69, 9.17) is 4.42 Å². The fourth-order valence-corrected chi connectivity index (χ4v) is 3.04. The van der Waals surface area contributed by atoms with E-state index in [0.717, 1.165) is 11.8 Å². The van der Waals surface area contributed by atoms with Gasteiger partial charge < -0.3 is 14.8 Å². The third-order valence-corrected chi connectivity index (χ3v) is 4.13. The van der Waals surface area contributed by atoms with Crippen molar-refractivity contribution in [3.8, 4) is 11.3 Å². The van der Waals surface area contributed by atoms with Crippen LogP contribution in [0.3, 0.4) is 0 Å². The molecule has 8 heteroatoms. The highest BCUT2D eigenvalue weighted by molar-refractivity contribution is 8.18. The Morgan fingerprint density at radius 1 is 1.24 bits per heavy atom. The minimum absolute atomic E-state index is 0.124. The second-order valence-electron chi connectivity index (χ2n) is 5.07. The Bertz CT molecular complexity index is 942. The highest BCUT2D eigenvalue weighted by atomic mass is 32.2. The zero-order chi connectivity index (χ0) is 18.0. The van der Waals surface area contributed by atoms with E-state index in [2.05, 4.69) is 10.3 Å². The number of amidine groups is 1. The summed E-state index contributed by atoms with van der Waals surface area (Å²) in [6, 6.07) is 9.74. The van der Waals surface area contributed by atoms with E-state index in [9.17, 15) is 19.5 Å². The van der Waals surface area contributed by atoms with Gasteiger partial charge in [0.2, 0.25) is 5.91 Å². The zero-order valence-electron chi connectivity index (χ0n) is 13.0. The van der Waals surface area contributed by atoms with E-state index in [-0.39, 0.29) is 16.6 Å². The summed E-state index contributed by atoms with van der Waals surface area (Å²) in [5.41, 5.74) is 0.568. The van der Waals surface area contributed by atoms with Crippen molar-refractivity contribution < 1.29 is 23.9 Å². The Labute approximate surface area is 146 Å². The second-order valence-corrected chi connectivity index (χ2v) is 6.10. The number of hydrogen-bond acceptors (Lipinski definition) is 5. The maximum Gasteiger partial charge on any atom is 0.336 e. The third-order valence-electron chi connectivity index (χ3n) is 3.23. The molecule has 1 aromatic heterocycles. The molecule has 2 N–H and O–H groups in total. The predicted octanol–water partition coefficient (Wildman–Crippen LogP) is 2.75. The number of furan rings is 1. The van der Waals surface area contributed by atoms with Crippen LogP contribution < -0.4 is 5.32 Å². The van der Waals surface area contributed by atoms with Crippen LogP contribution in [-0.4, -0.2) is 28.1 Å². The van der Waals surface area contributed by atoms with Gasteiger partial charge >= 0.3 is 5.97 Å². The van der Waals surface area contributed by atoms with Gasteiger partial charge in [-0.25, -0.2) is 4.79 Å². The number of benzene rings is 1. The van der Waals surface area contributed by atoms with Gasteiger partial charge in [-0.1, -0.05) is 18.2 Å². The Hall–Kier alpha value is -3.13. The fraction of sp³-hybridized carbons (Fsp3) is 0.0588. The molecular weight excluding hydrogens is 344 g/mol. The first kappa shape index (κ1) is 16.7. The smallest absolute Gasteiger partial charge is 0.336 e. The molecule has 1 aromatic carbocycles. The van der Waals surface area contributed by atoms with Crippen molar-refractivity contribution in [1.29, 1.82) is 0 Å². The molecule has 0 atom stereocenters. The molecule has 25 heavy (non-hydrogen) atoms. The lowest BCUT2D eigenvalue weighted by Gasteiger charge is -2.02. The summed E-state index contributed by atoms with van der Waals surface area (Å²) in [6.45, 7) is 1.33. The molecule has 7 nitrogen and oxygen atoms in total. The number of nitrogens with zero attached hydrogens (tertiary/aromatic N) is 1. The minimum Gasteiger partial charge on any atom is -0.478 e. The number of nitrogens with one attached hydrogen (secondary N) is 1. The summed E-state index contributed by atoms with van der Waals surface area (Å²) in [6.07, 6.45) is 1.50. The molecule has 1 aliphatic heterocycles. The summed E-state index contributed by atoms with van der Waals surface area (Å²) in [5, 5.41) is 11.9. The molecule has 0 fully saturated rings. The number of aliphatic imine (C=N–C) groups is 1. The number of carbonyl (C=O) groups is 3. The maximum atomic E-state index is 11.8. The van der Waals surface area contributed by atoms with Crippen LogP contribution >= 0.6 is 11.8 Å². The van der Waals surface area contributed by atoms with E-state index in [1.807, 2.05) is 0 Å². The van der Waals surface area contributed by atoms with Gasteiger partial charge in [0.1, 0.15) is 11.5 Å². The Morgan fingerprint density at radius 3 is 2.72 bits per heavy atom. The van der Waals surface area contributed by atoms with E-state index < -0.39 is 11.9 Å². The Kier molecular flexibility index (Phi) is 4.53. The number of aromatic carboxylic acids is 1. The zero-order valence-corrected chi connectivity index (χ0v) is 13.8. The molecule has 0 aliphatic carbocycles. The first-order valence-corrected chi connectivity index (χ1v) is 7.98. The van der Waals surface area contributed by atoms with Crippen LogP contribution in [0.4, 0.5) is 0 Å². The number of hydrogen-bond donors (Lipinski definition) is 2. The maximum absolute atomic E-state index is 11.8. The highest BCUT2D eigenvalue weighted by Gasteiger charge is 2.23. The lowest BCUT2D eigenvalue weighted by molar-refractivity contribution is -0.117. The van der Waals surface area contributed by atoms with Crippen LogP contribution in [0.1, 0.15) is 23.0 Å². The van der Waals surface area contributed by atoms with Crippen LogP contribution in [0.25, 0.3) is 17.4 Å². The number of carboxylic acids is 1. The third kappa shape index (κ3) is 3.69. The number of carbonyl (C=O) groups excluding carboxylic acids is 2. The molecule has 0 radical (unpaired) electrons. The molecule has 0 bridgehead atoms. The van der Waals surface area contributed by atoms with Crippen molar-refractivity contribution in [2.75, 3.05) is 0 Å². The topological polar surface area (TPSA) is 109 Å². The van der Waals surface area contributed by atoms with Crippen LogP contribution in [0, 0.1) is 0 Å². The van der Waals surface area contributed by atoms with E-state index in [1.165, 1.54) is 19.1 Å². The van der Waals surface area contributed by atoms with Gasteiger partial charge in [-0.05, 0) is 30.0 Å². The van der Waals surface area contributed by atoms with Gasteiger partial charge in [-0.15, -0.1) is 0 Å². The van der Waals surface area contributed by atoms with E-state index in [1.54, 1.807) is 30.3 Å².